The molecule has 70 valence electrons. The number of hydrogen-bond acceptors (Lipinski definition) is 3. The number of anilines is 2. The Morgan fingerprint density at radius 3 is 2.54 bits per heavy atom. The molecule has 0 aliphatic rings. The highest BCUT2D eigenvalue weighted by molar-refractivity contribution is 9.10. The number of carboxylic acids is 1. The Kier molecular flexibility index (Phi) is 2.77. The fraction of sp³-hybridized carbons (Fsp3) is 0.125. The summed E-state index contributed by atoms with van der Waals surface area (Å²) in [6.07, 6.45) is -0.108. The molecule has 1 rings (SSSR count). The number of halogens is 1. The highest BCUT2D eigenvalue weighted by Gasteiger charge is 2.07. The third-order valence-corrected chi connectivity index (χ3v) is 2.29. The van der Waals surface area contributed by atoms with Crippen molar-refractivity contribution in [3.8, 4) is 0 Å². The lowest BCUT2D eigenvalue weighted by Gasteiger charge is -2.05. The standard InChI is InChI=1S/C8H9BrN2O2/c9-5-3-6(10)4(1-7(5)11)2-8(12)13/h1,3H,2,10-11H2,(H,12,13). The summed E-state index contributed by atoms with van der Waals surface area (Å²) in [5, 5.41) is 8.54. The van der Waals surface area contributed by atoms with Crippen molar-refractivity contribution in [2.24, 2.45) is 0 Å². The van der Waals surface area contributed by atoms with E-state index in [0.717, 1.165) is 0 Å². The van der Waals surface area contributed by atoms with E-state index in [1.165, 1.54) is 0 Å². The second-order valence-corrected chi connectivity index (χ2v) is 3.50. The molecule has 0 aromatic heterocycles. The summed E-state index contributed by atoms with van der Waals surface area (Å²) in [6.45, 7) is 0. The molecule has 0 saturated heterocycles. The molecule has 13 heavy (non-hydrogen) atoms. The molecule has 5 N–H and O–H groups in total. The van der Waals surface area contributed by atoms with Crippen LogP contribution in [0.1, 0.15) is 5.56 Å². The number of hydrogen-bond donors (Lipinski definition) is 3. The Labute approximate surface area is 83.7 Å². The second-order valence-electron chi connectivity index (χ2n) is 2.64. The molecular weight excluding hydrogens is 236 g/mol. The fourth-order valence-electron chi connectivity index (χ4n) is 0.969. The Bertz CT molecular complexity index is 352. The SMILES string of the molecule is Nc1cc(CC(=O)O)c(N)cc1Br. The molecule has 1 aromatic rings. The molecule has 0 amide bonds. The molecule has 0 fully saturated rings. The molecule has 5 heteroatoms. The van der Waals surface area contributed by atoms with E-state index < -0.39 is 5.97 Å². The Balaban J connectivity index is 3.08. The average Bonchev–Trinajstić information content (AvgIpc) is 1.99. The summed E-state index contributed by atoms with van der Waals surface area (Å²) in [5.41, 5.74) is 12.6. The first-order valence-electron chi connectivity index (χ1n) is 3.56. The monoisotopic (exact) mass is 244 g/mol. The lowest BCUT2D eigenvalue weighted by molar-refractivity contribution is -0.136. The van der Waals surface area contributed by atoms with Crippen molar-refractivity contribution in [3.05, 3.63) is 22.2 Å². The Morgan fingerprint density at radius 1 is 1.38 bits per heavy atom. The largest absolute Gasteiger partial charge is 0.481 e. The number of benzene rings is 1. The van der Waals surface area contributed by atoms with Gasteiger partial charge in [-0.2, -0.15) is 0 Å². The molecule has 0 bridgehead atoms. The van der Waals surface area contributed by atoms with E-state index in [2.05, 4.69) is 15.9 Å². The van der Waals surface area contributed by atoms with Crippen LogP contribution in [-0.2, 0) is 11.2 Å². The van der Waals surface area contributed by atoms with Crippen LogP contribution in [0.15, 0.2) is 16.6 Å². The Hall–Kier alpha value is -1.23. The van der Waals surface area contributed by atoms with E-state index in [0.29, 0.717) is 21.4 Å². The van der Waals surface area contributed by atoms with Crippen molar-refractivity contribution >= 4 is 33.3 Å². The number of aliphatic carboxylic acids is 1. The number of nitrogens with two attached hydrogens (primary N) is 2. The first kappa shape index (κ1) is 9.85. The van der Waals surface area contributed by atoms with Gasteiger partial charge < -0.3 is 16.6 Å². The van der Waals surface area contributed by atoms with Gasteiger partial charge in [-0.1, -0.05) is 0 Å². The zero-order chi connectivity index (χ0) is 10.0. The molecule has 1 aromatic carbocycles. The lowest BCUT2D eigenvalue weighted by atomic mass is 10.1. The van der Waals surface area contributed by atoms with Crippen molar-refractivity contribution in [3.63, 3.8) is 0 Å². The van der Waals surface area contributed by atoms with E-state index >= 15 is 0 Å². The molecule has 0 atom stereocenters. The second kappa shape index (κ2) is 3.66. The van der Waals surface area contributed by atoms with Gasteiger partial charge in [-0.05, 0) is 33.6 Å². The van der Waals surface area contributed by atoms with Gasteiger partial charge in [-0.3, -0.25) is 4.79 Å². The Morgan fingerprint density at radius 2 is 2.00 bits per heavy atom. The molecule has 0 aliphatic heterocycles. The predicted molar refractivity (Wildman–Crippen MR) is 54.3 cm³/mol. The smallest absolute Gasteiger partial charge is 0.307 e. The van der Waals surface area contributed by atoms with Gasteiger partial charge in [0.25, 0.3) is 0 Å². The molecular formula is C8H9BrN2O2. The summed E-state index contributed by atoms with van der Waals surface area (Å²) in [6, 6.07) is 3.17. The van der Waals surface area contributed by atoms with Crippen LogP contribution in [0, 0.1) is 0 Å². The van der Waals surface area contributed by atoms with Crippen LogP contribution in [0.4, 0.5) is 11.4 Å². The zero-order valence-corrected chi connectivity index (χ0v) is 8.34. The molecule has 4 nitrogen and oxygen atoms in total. The normalized spacial score (nSPS) is 9.92. The van der Waals surface area contributed by atoms with Crippen molar-refractivity contribution < 1.29 is 9.90 Å². The summed E-state index contributed by atoms with van der Waals surface area (Å²) < 4.78 is 0.680. The number of carbonyl (C=O) groups is 1. The third-order valence-electron chi connectivity index (χ3n) is 1.60. The van der Waals surface area contributed by atoms with Gasteiger partial charge in [-0.25, -0.2) is 0 Å². The van der Waals surface area contributed by atoms with Crippen molar-refractivity contribution in [1.82, 2.24) is 0 Å². The van der Waals surface area contributed by atoms with Crippen LogP contribution in [0.5, 0.6) is 0 Å². The van der Waals surface area contributed by atoms with E-state index in [4.69, 9.17) is 16.6 Å². The van der Waals surface area contributed by atoms with Gasteiger partial charge in [0.05, 0.1) is 6.42 Å². The first-order valence-corrected chi connectivity index (χ1v) is 4.35. The van der Waals surface area contributed by atoms with Gasteiger partial charge in [0.1, 0.15) is 0 Å². The topological polar surface area (TPSA) is 89.3 Å². The van der Waals surface area contributed by atoms with Gasteiger partial charge in [0.15, 0.2) is 0 Å². The van der Waals surface area contributed by atoms with E-state index in [1.54, 1.807) is 12.1 Å². The van der Waals surface area contributed by atoms with Crippen LogP contribution in [0.3, 0.4) is 0 Å². The number of nitrogen functional groups attached to an aromatic ring is 2. The van der Waals surface area contributed by atoms with Crippen molar-refractivity contribution in [1.29, 1.82) is 0 Å². The lowest BCUT2D eigenvalue weighted by Crippen LogP contribution is -2.04. The van der Waals surface area contributed by atoms with Gasteiger partial charge in [0, 0.05) is 15.8 Å². The van der Waals surface area contributed by atoms with Gasteiger partial charge >= 0.3 is 5.97 Å². The maximum absolute atomic E-state index is 10.4. The van der Waals surface area contributed by atoms with Crippen LogP contribution >= 0.6 is 15.9 Å². The van der Waals surface area contributed by atoms with Crippen molar-refractivity contribution in [2.45, 2.75) is 6.42 Å². The molecule has 0 heterocycles. The first-order chi connectivity index (χ1) is 6.00. The van der Waals surface area contributed by atoms with E-state index in [1.807, 2.05) is 0 Å². The van der Waals surface area contributed by atoms with E-state index in [9.17, 15) is 4.79 Å². The molecule has 0 radical (unpaired) electrons. The van der Waals surface area contributed by atoms with E-state index in [-0.39, 0.29) is 6.42 Å². The van der Waals surface area contributed by atoms with Gasteiger partial charge in [-0.15, -0.1) is 0 Å². The quantitative estimate of drug-likeness (QED) is 0.684. The van der Waals surface area contributed by atoms with Crippen LogP contribution in [0.25, 0.3) is 0 Å². The maximum Gasteiger partial charge on any atom is 0.307 e. The van der Waals surface area contributed by atoms with Crippen molar-refractivity contribution in [2.75, 3.05) is 11.5 Å². The van der Waals surface area contributed by atoms with Crippen LogP contribution < -0.4 is 11.5 Å². The molecule has 0 saturated carbocycles. The summed E-state index contributed by atoms with van der Waals surface area (Å²) >= 11 is 3.19. The third kappa shape index (κ3) is 2.35. The maximum atomic E-state index is 10.4. The fourth-order valence-corrected chi connectivity index (χ4v) is 1.33. The highest BCUT2D eigenvalue weighted by atomic mass is 79.9. The predicted octanol–water partition coefficient (Wildman–Crippen LogP) is 1.24. The minimum atomic E-state index is -0.923. The highest BCUT2D eigenvalue weighted by Crippen LogP contribution is 2.25. The number of carboxylic acid groups (broad SMARTS) is 1. The zero-order valence-electron chi connectivity index (χ0n) is 6.75. The molecule has 0 unspecified atom stereocenters. The summed E-state index contributed by atoms with van der Waals surface area (Å²) in [5.74, 6) is -0.923. The minimum Gasteiger partial charge on any atom is -0.481 e. The number of rotatable bonds is 2. The van der Waals surface area contributed by atoms with Gasteiger partial charge in [0.2, 0.25) is 0 Å². The molecule has 0 aliphatic carbocycles. The summed E-state index contributed by atoms with van der Waals surface area (Å²) in [4.78, 5) is 10.4. The van der Waals surface area contributed by atoms with Crippen LogP contribution in [0.2, 0.25) is 0 Å². The molecule has 0 spiro atoms. The summed E-state index contributed by atoms with van der Waals surface area (Å²) in [7, 11) is 0. The minimum absolute atomic E-state index is 0.108. The average molecular weight is 245 g/mol. The van der Waals surface area contributed by atoms with Crippen LogP contribution in [-0.4, -0.2) is 11.1 Å².